The molecule has 1 saturated heterocycles. The van der Waals surface area contributed by atoms with Gasteiger partial charge in [0, 0.05) is 29.3 Å². The van der Waals surface area contributed by atoms with Crippen LogP contribution in [0.3, 0.4) is 0 Å². The first-order valence-electron chi connectivity index (χ1n) is 10.4. The second kappa shape index (κ2) is 9.73. The summed E-state index contributed by atoms with van der Waals surface area (Å²) in [6, 6.07) is 5.89. The van der Waals surface area contributed by atoms with Gasteiger partial charge in [-0.2, -0.15) is 0 Å². The Hall–Kier alpha value is -2.58. The van der Waals surface area contributed by atoms with Crippen LogP contribution >= 0.6 is 23.2 Å². The number of hydrogen-bond donors (Lipinski definition) is 3. The number of carbonyl (C=O) groups excluding carboxylic acids is 1. The van der Waals surface area contributed by atoms with Crippen molar-refractivity contribution in [2.45, 2.75) is 24.9 Å². The van der Waals surface area contributed by atoms with Crippen LogP contribution in [0.4, 0.5) is 10.1 Å². The van der Waals surface area contributed by atoms with Crippen molar-refractivity contribution >= 4 is 40.4 Å². The first-order chi connectivity index (χ1) is 15.9. The SMILES string of the molecule is C=CC(=O)Nc1cc(F)ccc1C1NNC2C=C(c3c(Cl)c(OC)cc(OC)c3Cl)CCC21. The van der Waals surface area contributed by atoms with Crippen LogP contribution in [0.2, 0.25) is 10.0 Å². The van der Waals surface area contributed by atoms with Gasteiger partial charge in [-0.1, -0.05) is 41.9 Å². The van der Waals surface area contributed by atoms with Crippen molar-refractivity contribution in [1.82, 2.24) is 10.9 Å². The largest absolute Gasteiger partial charge is 0.495 e. The van der Waals surface area contributed by atoms with E-state index in [9.17, 15) is 9.18 Å². The van der Waals surface area contributed by atoms with Gasteiger partial charge in [-0.05, 0) is 42.2 Å². The van der Waals surface area contributed by atoms with Crippen molar-refractivity contribution in [1.29, 1.82) is 0 Å². The molecule has 1 fully saturated rings. The lowest BCUT2D eigenvalue weighted by Gasteiger charge is -2.29. The second-order valence-corrected chi connectivity index (χ2v) is 8.65. The zero-order chi connectivity index (χ0) is 23.7. The van der Waals surface area contributed by atoms with Gasteiger partial charge in [0.1, 0.15) is 17.3 Å². The molecule has 4 rings (SSSR count). The Balaban J connectivity index is 1.67. The number of ether oxygens (including phenoxy) is 2. The first-order valence-corrected chi connectivity index (χ1v) is 11.2. The highest BCUT2D eigenvalue weighted by Gasteiger charge is 2.39. The van der Waals surface area contributed by atoms with Crippen LogP contribution in [-0.4, -0.2) is 26.2 Å². The van der Waals surface area contributed by atoms with Gasteiger partial charge in [0.05, 0.1) is 30.3 Å². The molecule has 2 aromatic rings. The molecule has 0 aromatic heterocycles. The van der Waals surface area contributed by atoms with Crippen molar-refractivity contribution in [3.63, 3.8) is 0 Å². The van der Waals surface area contributed by atoms with E-state index in [4.69, 9.17) is 32.7 Å². The van der Waals surface area contributed by atoms with E-state index in [-0.39, 0.29) is 18.0 Å². The first kappa shape index (κ1) is 23.6. The van der Waals surface area contributed by atoms with Gasteiger partial charge < -0.3 is 14.8 Å². The molecule has 1 aliphatic heterocycles. The van der Waals surface area contributed by atoms with E-state index in [0.717, 1.165) is 23.6 Å². The molecule has 2 aliphatic rings. The molecule has 0 radical (unpaired) electrons. The molecule has 3 unspecified atom stereocenters. The summed E-state index contributed by atoms with van der Waals surface area (Å²) in [6.45, 7) is 3.47. The minimum atomic E-state index is -0.428. The predicted octanol–water partition coefficient (Wildman–Crippen LogP) is 5.29. The smallest absolute Gasteiger partial charge is 0.247 e. The maximum Gasteiger partial charge on any atom is 0.247 e. The Kier molecular flexibility index (Phi) is 6.95. The highest BCUT2D eigenvalue weighted by atomic mass is 35.5. The number of methoxy groups -OCH3 is 2. The molecule has 3 N–H and O–H groups in total. The number of allylic oxidation sites excluding steroid dienone is 1. The highest BCUT2D eigenvalue weighted by molar-refractivity contribution is 6.39. The van der Waals surface area contributed by atoms with Crippen LogP contribution in [0.25, 0.3) is 5.57 Å². The quantitative estimate of drug-likeness (QED) is 0.479. The number of benzene rings is 2. The third-order valence-corrected chi connectivity index (χ3v) is 6.86. The van der Waals surface area contributed by atoms with E-state index < -0.39 is 11.7 Å². The Bertz CT molecular complexity index is 1110. The van der Waals surface area contributed by atoms with E-state index in [1.807, 2.05) is 0 Å². The van der Waals surface area contributed by atoms with Crippen LogP contribution in [-0.2, 0) is 4.79 Å². The molecule has 174 valence electrons. The molecule has 0 bridgehead atoms. The van der Waals surface area contributed by atoms with E-state index in [1.54, 1.807) is 26.4 Å². The number of nitrogens with one attached hydrogen (secondary N) is 3. The van der Waals surface area contributed by atoms with E-state index in [1.165, 1.54) is 12.1 Å². The number of carbonyl (C=O) groups is 1. The molecule has 3 atom stereocenters. The standard InChI is InChI=1S/C24H24Cl2FN3O3/c1-4-20(31)28-16-10-13(27)6-8-14(16)24-15-7-5-12(9-17(15)29-30-24)21-22(25)18(32-2)11-19(33-3)23(21)26/h4,6,8-11,15,17,24,29-30H,1,5,7H2,2-3H3,(H,28,31). The number of hydrogen-bond acceptors (Lipinski definition) is 5. The van der Waals surface area contributed by atoms with Crippen molar-refractivity contribution in [2.24, 2.45) is 5.92 Å². The van der Waals surface area contributed by atoms with Crippen LogP contribution < -0.4 is 25.6 Å². The van der Waals surface area contributed by atoms with Crippen LogP contribution in [0.5, 0.6) is 11.5 Å². The van der Waals surface area contributed by atoms with E-state index in [2.05, 4.69) is 28.8 Å². The van der Waals surface area contributed by atoms with E-state index >= 15 is 0 Å². The lowest BCUT2D eigenvalue weighted by Crippen LogP contribution is -2.31. The number of anilines is 1. The third-order valence-electron chi connectivity index (χ3n) is 6.11. The summed E-state index contributed by atoms with van der Waals surface area (Å²) >= 11 is 13.2. The van der Waals surface area contributed by atoms with Gasteiger partial charge in [0.15, 0.2) is 0 Å². The van der Waals surface area contributed by atoms with Gasteiger partial charge in [0.2, 0.25) is 5.91 Å². The van der Waals surface area contributed by atoms with Crippen molar-refractivity contribution in [3.05, 3.63) is 70.0 Å². The minimum Gasteiger partial charge on any atom is -0.495 e. The topological polar surface area (TPSA) is 71.6 Å². The summed E-state index contributed by atoms with van der Waals surface area (Å²) in [6.07, 6.45) is 4.77. The van der Waals surface area contributed by atoms with Crippen molar-refractivity contribution < 1.29 is 18.7 Å². The van der Waals surface area contributed by atoms with Crippen molar-refractivity contribution in [3.8, 4) is 11.5 Å². The zero-order valence-electron chi connectivity index (χ0n) is 18.2. The van der Waals surface area contributed by atoms with Gasteiger partial charge in [-0.25, -0.2) is 15.2 Å². The zero-order valence-corrected chi connectivity index (χ0v) is 19.7. The molecule has 1 amide bonds. The predicted molar refractivity (Wildman–Crippen MR) is 128 cm³/mol. The second-order valence-electron chi connectivity index (χ2n) is 7.90. The molecule has 6 nitrogen and oxygen atoms in total. The highest BCUT2D eigenvalue weighted by Crippen LogP contribution is 2.48. The minimum absolute atomic E-state index is 0.0314. The summed E-state index contributed by atoms with van der Waals surface area (Å²) in [5.41, 5.74) is 9.50. The van der Waals surface area contributed by atoms with Crippen molar-refractivity contribution in [2.75, 3.05) is 19.5 Å². The van der Waals surface area contributed by atoms with Crippen LogP contribution in [0.1, 0.15) is 30.0 Å². The fourth-order valence-corrected chi connectivity index (χ4v) is 5.26. The average Bonchev–Trinajstić information content (AvgIpc) is 3.22. The summed E-state index contributed by atoms with van der Waals surface area (Å²) < 4.78 is 24.7. The molecule has 0 saturated carbocycles. The van der Waals surface area contributed by atoms with Gasteiger partial charge in [-0.15, -0.1) is 0 Å². The molecule has 2 aromatic carbocycles. The summed E-state index contributed by atoms with van der Waals surface area (Å²) in [5, 5.41) is 3.57. The molecule has 1 heterocycles. The Labute approximate surface area is 201 Å². The monoisotopic (exact) mass is 491 g/mol. The molecular weight excluding hydrogens is 468 g/mol. The Morgan fingerprint density at radius 2 is 1.88 bits per heavy atom. The summed E-state index contributed by atoms with van der Waals surface area (Å²) in [4.78, 5) is 11.9. The molecule has 9 heteroatoms. The number of hydrazine groups is 1. The van der Waals surface area contributed by atoms with Gasteiger partial charge in [0.25, 0.3) is 0 Å². The Morgan fingerprint density at radius 1 is 1.18 bits per heavy atom. The maximum absolute atomic E-state index is 13.9. The van der Waals surface area contributed by atoms with E-state index in [0.29, 0.717) is 39.2 Å². The normalized spacial score (nSPS) is 21.7. The number of rotatable bonds is 6. The van der Waals surface area contributed by atoms with Crippen LogP contribution in [0, 0.1) is 11.7 Å². The summed E-state index contributed by atoms with van der Waals surface area (Å²) in [5.74, 6) is 0.304. The van der Waals surface area contributed by atoms with Gasteiger partial charge in [-0.3, -0.25) is 4.79 Å². The number of halogens is 3. The number of fused-ring (bicyclic) bond motifs is 1. The molecule has 0 spiro atoms. The fraction of sp³-hybridized carbons (Fsp3) is 0.292. The fourth-order valence-electron chi connectivity index (χ4n) is 4.52. The molecule has 1 aliphatic carbocycles. The van der Waals surface area contributed by atoms with Gasteiger partial charge >= 0.3 is 0 Å². The average molecular weight is 492 g/mol. The lowest BCUT2D eigenvalue weighted by molar-refractivity contribution is -0.111. The van der Waals surface area contributed by atoms with Crippen LogP contribution in [0.15, 0.2) is 43.0 Å². The number of amides is 1. The third kappa shape index (κ3) is 4.46. The lowest BCUT2D eigenvalue weighted by atomic mass is 9.78. The summed E-state index contributed by atoms with van der Waals surface area (Å²) in [7, 11) is 3.09. The maximum atomic E-state index is 13.9. The molecular formula is C24H24Cl2FN3O3. The Morgan fingerprint density at radius 3 is 2.52 bits per heavy atom. The molecule has 33 heavy (non-hydrogen) atoms.